The fraction of sp³-hybridized carbons (Fsp3) is 0.286. The third-order valence-electron chi connectivity index (χ3n) is 4.94. The Hall–Kier alpha value is -3.24. The van der Waals surface area contributed by atoms with Crippen LogP contribution in [0.5, 0.6) is 0 Å². The first-order valence-corrected chi connectivity index (χ1v) is 11.0. The quantitative estimate of drug-likeness (QED) is 0.450. The van der Waals surface area contributed by atoms with Gasteiger partial charge in [0.05, 0.1) is 12.0 Å². The summed E-state index contributed by atoms with van der Waals surface area (Å²) in [6.07, 6.45) is 0. The number of carbonyl (C=O) groups excluding carboxylic acids is 1. The van der Waals surface area contributed by atoms with Gasteiger partial charge in [-0.25, -0.2) is 8.42 Å². The maximum absolute atomic E-state index is 12.9. The van der Waals surface area contributed by atoms with Crippen molar-refractivity contribution in [2.75, 3.05) is 7.11 Å². The molecule has 2 aromatic heterocycles. The van der Waals surface area contributed by atoms with Crippen LogP contribution >= 0.6 is 0 Å². The van der Waals surface area contributed by atoms with E-state index >= 15 is 0 Å². The van der Waals surface area contributed by atoms with Gasteiger partial charge in [-0.05, 0) is 36.2 Å². The van der Waals surface area contributed by atoms with Gasteiger partial charge in [-0.1, -0.05) is 25.1 Å². The first kappa shape index (κ1) is 21.0. The zero-order valence-electron chi connectivity index (χ0n) is 17.4. The number of aromatic nitrogens is 2. The summed E-state index contributed by atoms with van der Waals surface area (Å²) < 4.78 is 43.9. The number of methoxy groups -OCH3 is 1. The summed E-state index contributed by atoms with van der Waals surface area (Å²) in [5.74, 6) is -0.0332. The number of carbonyl (C=O) groups is 1. The maximum atomic E-state index is 12.9. The van der Waals surface area contributed by atoms with Crippen LogP contribution in [0.3, 0.4) is 0 Å². The van der Waals surface area contributed by atoms with Gasteiger partial charge in [0.2, 0.25) is 21.7 Å². The third kappa shape index (κ3) is 3.91. The van der Waals surface area contributed by atoms with E-state index in [9.17, 15) is 13.2 Å². The van der Waals surface area contributed by atoms with E-state index in [0.29, 0.717) is 28.3 Å². The molecule has 0 saturated carbocycles. The molecule has 0 radical (unpaired) electrons. The van der Waals surface area contributed by atoms with E-state index in [4.69, 9.17) is 13.7 Å². The van der Waals surface area contributed by atoms with Crippen LogP contribution in [0.15, 0.2) is 50.2 Å². The SMILES string of the molecule is COC(=O)C(NS(=O)(=O)c1ccc2oc3cc(-c4noc(C)n4)ccc3c2c1)C(C)C. The van der Waals surface area contributed by atoms with Crippen molar-refractivity contribution < 1.29 is 26.9 Å². The van der Waals surface area contributed by atoms with E-state index < -0.39 is 22.0 Å². The normalized spacial score (nSPS) is 13.2. The molecule has 0 fully saturated rings. The second-order valence-electron chi connectivity index (χ2n) is 7.47. The van der Waals surface area contributed by atoms with E-state index in [1.807, 2.05) is 12.1 Å². The molecule has 10 heteroatoms. The minimum atomic E-state index is -3.97. The highest BCUT2D eigenvalue weighted by atomic mass is 32.2. The molecule has 0 amide bonds. The molecule has 4 aromatic rings. The Bertz CT molecular complexity index is 1390. The van der Waals surface area contributed by atoms with Crippen molar-refractivity contribution in [3.8, 4) is 11.4 Å². The molecule has 1 N–H and O–H groups in total. The van der Waals surface area contributed by atoms with Gasteiger partial charge in [0, 0.05) is 23.3 Å². The Morgan fingerprint density at radius 1 is 1.10 bits per heavy atom. The molecule has 2 heterocycles. The zero-order valence-corrected chi connectivity index (χ0v) is 18.2. The zero-order chi connectivity index (χ0) is 22.3. The molecule has 0 saturated heterocycles. The number of hydrogen-bond donors (Lipinski definition) is 1. The summed E-state index contributed by atoms with van der Waals surface area (Å²) in [6.45, 7) is 5.18. The Kier molecular flexibility index (Phi) is 5.28. The van der Waals surface area contributed by atoms with E-state index in [-0.39, 0.29) is 10.8 Å². The van der Waals surface area contributed by atoms with Crippen LogP contribution in [-0.2, 0) is 19.6 Å². The number of nitrogens with zero attached hydrogens (tertiary/aromatic N) is 2. The number of furan rings is 1. The lowest BCUT2D eigenvalue weighted by atomic mass is 10.1. The van der Waals surface area contributed by atoms with Crippen LogP contribution in [-0.4, -0.2) is 37.7 Å². The Labute approximate surface area is 178 Å². The van der Waals surface area contributed by atoms with Crippen LogP contribution in [0, 0.1) is 12.8 Å². The van der Waals surface area contributed by atoms with Crippen molar-refractivity contribution in [2.45, 2.75) is 31.7 Å². The van der Waals surface area contributed by atoms with Crippen molar-refractivity contribution in [2.24, 2.45) is 5.92 Å². The number of benzene rings is 2. The largest absolute Gasteiger partial charge is 0.468 e. The molecule has 2 aromatic carbocycles. The highest BCUT2D eigenvalue weighted by Gasteiger charge is 2.29. The predicted molar refractivity (Wildman–Crippen MR) is 113 cm³/mol. The van der Waals surface area contributed by atoms with Gasteiger partial charge in [-0.15, -0.1) is 0 Å². The monoisotopic (exact) mass is 443 g/mol. The molecule has 0 aliphatic carbocycles. The van der Waals surface area contributed by atoms with Crippen molar-refractivity contribution in [3.05, 3.63) is 42.3 Å². The first-order chi connectivity index (χ1) is 14.7. The minimum absolute atomic E-state index is 0.0233. The molecular weight excluding hydrogens is 422 g/mol. The molecule has 0 aliphatic rings. The standard InChI is InChI=1S/C21H21N3O6S/c1-11(2)19(21(25)28-4)24-31(26,27)14-6-8-17-16(10-14)15-7-5-13(9-18(15)29-17)20-22-12(3)30-23-20/h5-11,19,24H,1-4H3. The van der Waals surface area contributed by atoms with Crippen molar-refractivity contribution in [1.29, 1.82) is 0 Å². The number of ether oxygens (including phenoxy) is 1. The molecule has 0 spiro atoms. The van der Waals surface area contributed by atoms with E-state index in [1.54, 1.807) is 32.9 Å². The topological polar surface area (TPSA) is 125 Å². The molecule has 31 heavy (non-hydrogen) atoms. The third-order valence-corrected chi connectivity index (χ3v) is 6.38. The second-order valence-corrected chi connectivity index (χ2v) is 9.19. The fourth-order valence-corrected chi connectivity index (χ4v) is 4.66. The summed E-state index contributed by atoms with van der Waals surface area (Å²) in [7, 11) is -2.75. The lowest BCUT2D eigenvalue weighted by Crippen LogP contribution is -2.44. The smallest absolute Gasteiger partial charge is 0.324 e. The van der Waals surface area contributed by atoms with Crippen LogP contribution in [0.4, 0.5) is 0 Å². The molecule has 1 atom stereocenters. The van der Waals surface area contributed by atoms with E-state index in [1.165, 1.54) is 19.2 Å². The number of rotatable bonds is 6. The number of aryl methyl sites for hydroxylation is 1. The van der Waals surface area contributed by atoms with E-state index in [2.05, 4.69) is 14.9 Å². The number of fused-ring (bicyclic) bond motifs is 3. The molecule has 4 rings (SSSR count). The average Bonchev–Trinajstić information content (AvgIpc) is 3.33. The summed E-state index contributed by atoms with van der Waals surface area (Å²) >= 11 is 0. The van der Waals surface area contributed by atoms with Crippen molar-refractivity contribution >= 4 is 37.9 Å². The molecule has 0 aliphatic heterocycles. The summed E-state index contributed by atoms with van der Waals surface area (Å²) in [5.41, 5.74) is 1.81. The van der Waals surface area contributed by atoms with Gasteiger partial charge < -0.3 is 13.7 Å². The van der Waals surface area contributed by atoms with Crippen LogP contribution in [0.25, 0.3) is 33.3 Å². The average molecular weight is 443 g/mol. The highest BCUT2D eigenvalue weighted by Crippen LogP contribution is 2.33. The Balaban J connectivity index is 1.74. The lowest BCUT2D eigenvalue weighted by molar-refractivity contribution is -0.143. The molecular formula is C21H21N3O6S. The van der Waals surface area contributed by atoms with Crippen molar-refractivity contribution in [3.63, 3.8) is 0 Å². The Morgan fingerprint density at radius 2 is 1.87 bits per heavy atom. The van der Waals surface area contributed by atoms with Gasteiger partial charge in [0.15, 0.2) is 0 Å². The number of nitrogens with one attached hydrogen (secondary N) is 1. The highest BCUT2D eigenvalue weighted by molar-refractivity contribution is 7.89. The molecule has 0 bridgehead atoms. The summed E-state index contributed by atoms with van der Waals surface area (Å²) in [4.78, 5) is 16.2. The van der Waals surface area contributed by atoms with Crippen molar-refractivity contribution in [1.82, 2.24) is 14.9 Å². The first-order valence-electron chi connectivity index (χ1n) is 9.57. The molecule has 1 unspecified atom stereocenters. The van der Waals surface area contributed by atoms with E-state index in [0.717, 1.165) is 10.9 Å². The van der Waals surface area contributed by atoms with Gasteiger partial charge in [0.1, 0.15) is 17.2 Å². The second kappa shape index (κ2) is 7.78. The fourth-order valence-electron chi connectivity index (χ4n) is 3.30. The number of hydrogen-bond acceptors (Lipinski definition) is 8. The minimum Gasteiger partial charge on any atom is -0.468 e. The summed E-state index contributed by atoms with van der Waals surface area (Å²) in [5, 5.41) is 5.28. The maximum Gasteiger partial charge on any atom is 0.324 e. The summed E-state index contributed by atoms with van der Waals surface area (Å²) in [6, 6.07) is 8.96. The van der Waals surface area contributed by atoms with Gasteiger partial charge in [0.25, 0.3) is 0 Å². The van der Waals surface area contributed by atoms with Crippen LogP contribution in [0.1, 0.15) is 19.7 Å². The number of esters is 1. The molecule has 162 valence electrons. The van der Waals surface area contributed by atoms with Gasteiger partial charge in [-0.3, -0.25) is 4.79 Å². The van der Waals surface area contributed by atoms with Gasteiger partial charge in [-0.2, -0.15) is 9.71 Å². The Morgan fingerprint density at radius 3 is 2.52 bits per heavy atom. The number of sulfonamides is 1. The van der Waals surface area contributed by atoms with Crippen LogP contribution < -0.4 is 4.72 Å². The lowest BCUT2D eigenvalue weighted by Gasteiger charge is -2.19. The van der Waals surface area contributed by atoms with Gasteiger partial charge >= 0.3 is 5.97 Å². The predicted octanol–water partition coefficient (Wildman–Crippen LogP) is 3.42. The van der Waals surface area contributed by atoms with Crippen LogP contribution in [0.2, 0.25) is 0 Å². The molecule has 9 nitrogen and oxygen atoms in total.